The van der Waals surface area contributed by atoms with Crippen LogP contribution in [0.2, 0.25) is 0 Å². The molecule has 0 aromatic heterocycles. The van der Waals surface area contributed by atoms with Gasteiger partial charge in [0.1, 0.15) is 5.82 Å². The number of piperazine rings is 1. The highest BCUT2D eigenvalue weighted by Crippen LogP contribution is 2.24. The number of hydrogen-bond donors (Lipinski definition) is 0. The first kappa shape index (κ1) is 30.7. The van der Waals surface area contributed by atoms with E-state index in [1.807, 2.05) is 30.3 Å². The standard InChI is InChI=1S/C32H37FN4O5S/c1-42-31(38)27-9-10-28(30(33)21-27)24-37(32(39)36-17-19-43(40,41)20-18-36)29-11-7-26(8-12-29)23-35-15-13-34(14-16-35)22-25-5-3-2-4-6-25/h2-12,21H,13-20,22-24H2,1H3. The van der Waals surface area contributed by atoms with Crippen molar-refractivity contribution in [1.29, 1.82) is 0 Å². The van der Waals surface area contributed by atoms with Gasteiger partial charge in [-0.15, -0.1) is 0 Å². The minimum absolute atomic E-state index is 0.0770. The van der Waals surface area contributed by atoms with Crippen molar-refractivity contribution in [2.45, 2.75) is 19.6 Å². The highest BCUT2D eigenvalue weighted by Gasteiger charge is 2.30. The summed E-state index contributed by atoms with van der Waals surface area (Å²) in [4.78, 5) is 33.3. The summed E-state index contributed by atoms with van der Waals surface area (Å²) in [6, 6.07) is 21.8. The molecule has 3 aromatic rings. The zero-order valence-corrected chi connectivity index (χ0v) is 25.1. The number of esters is 1. The largest absolute Gasteiger partial charge is 0.465 e. The number of methoxy groups -OCH3 is 1. The lowest BCUT2D eigenvalue weighted by Gasteiger charge is -2.35. The fourth-order valence-electron chi connectivity index (χ4n) is 5.42. The Morgan fingerprint density at radius 1 is 0.814 bits per heavy atom. The summed E-state index contributed by atoms with van der Waals surface area (Å²) in [5, 5.41) is 0. The normalized spacial score (nSPS) is 17.4. The average molecular weight is 609 g/mol. The number of halogens is 1. The smallest absolute Gasteiger partial charge is 0.337 e. The Labute approximate surface area is 252 Å². The Morgan fingerprint density at radius 3 is 1.95 bits per heavy atom. The molecule has 5 rings (SSSR count). The second-order valence-corrected chi connectivity index (χ2v) is 13.3. The van der Waals surface area contributed by atoms with Crippen molar-refractivity contribution in [2.24, 2.45) is 0 Å². The van der Waals surface area contributed by atoms with Crippen LogP contribution in [0.3, 0.4) is 0 Å². The molecule has 2 fully saturated rings. The van der Waals surface area contributed by atoms with Gasteiger partial charge in [-0.1, -0.05) is 48.5 Å². The van der Waals surface area contributed by atoms with E-state index in [2.05, 4.69) is 38.8 Å². The van der Waals surface area contributed by atoms with E-state index in [0.717, 1.165) is 50.9 Å². The van der Waals surface area contributed by atoms with Gasteiger partial charge in [-0.3, -0.25) is 14.7 Å². The van der Waals surface area contributed by atoms with Gasteiger partial charge in [0.05, 0.1) is 30.7 Å². The average Bonchev–Trinajstić information content (AvgIpc) is 3.02. The molecule has 0 unspecified atom stereocenters. The van der Waals surface area contributed by atoms with E-state index in [1.165, 1.54) is 34.6 Å². The van der Waals surface area contributed by atoms with Crippen molar-refractivity contribution >= 4 is 27.5 Å². The number of ether oxygens (including phenoxy) is 1. The van der Waals surface area contributed by atoms with Gasteiger partial charge in [-0.2, -0.15) is 0 Å². The van der Waals surface area contributed by atoms with Gasteiger partial charge >= 0.3 is 12.0 Å². The van der Waals surface area contributed by atoms with Gasteiger partial charge < -0.3 is 9.64 Å². The van der Waals surface area contributed by atoms with Crippen molar-refractivity contribution in [3.63, 3.8) is 0 Å². The number of rotatable bonds is 8. The van der Waals surface area contributed by atoms with E-state index in [-0.39, 0.29) is 42.3 Å². The molecule has 0 bridgehead atoms. The highest BCUT2D eigenvalue weighted by atomic mass is 32.2. The molecular weight excluding hydrogens is 571 g/mol. The van der Waals surface area contributed by atoms with Crippen LogP contribution in [0.1, 0.15) is 27.0 Å². The summed E-state index contributed by atoms with van der Waals surface area (Å²) in [5.74, 6) is -1.50. The number of anilines is 1. The predicted octanol–water partition coefficient (Wildman–Crippen LogP) is 3.79. The molecular formula is C32H37FN4O5S. The lowest BCUT2D eigenvalue weighted by molar-refractivity contribution is 0.0600. The van der Waals surface area contributed by atoms with Crippen LogP contribution in [0.15, 0.2) is 72.8 Å². The third-order valence-corrected chi connectivity index (χ3v) is 9.63. The summed E-state index contributed by atoms with van der Waals surface area (Å²) < 4.78 is 43.7. The first-order valence-corrected chi connectivity index (χ1v) is 16.2. The monoisotopic (exact) mass is 608 g/mol. The molecule has 2 saturated heterocycles. The van der Waals surface area contributed by atoms with Crippen LogP contribution < -0.4 is 4.90 Å². The lowest BCUT2D eigenvalue weighted by atomic mass is 10.1. The molecule has 9 nitrogen and oxygen atoms in total. The predicted molar refractivity (Wildman–Crippen MR) is 163 cm³/mol. The number of sulfone groups is 1. The van der Waals surface area contributed by atoms with Gasteiger partial charge in [-0.05, 0) is 35.4 Å². The zero-order chi connectivity index (χ0) is 30.4. The maximum Gasteiger partial charge on any atom is 0.337 e. The van der Waals surface area contributed by atoms with E-state index < -0.39 is 27.7 Å². The quantitative estimate of drug-likeness (QED) is 0.360. The fourth-order valence-corrected chi connectivity index (χ4v) is 6.62. The van der Waals surface area contributed by atoms with Gasteiger partial charge in [0.2, 0.25) is 0 Å². The summed E-state index contributed by atoms with van der Waals surface area (Å²) >= 11 is 0. The van der Waals surface area contributed by atoms with E-state index >= 15 is 4.39 Å². The molecule has 228 valence electrons. The third-order valence-electron chi connectivity index (χ3n) is 8.02. The maximum atomic E-state index is 15.1. The molecule has 11 heteroatoms. The Balaban J connectivity index is 1.27. The number of carbonyl (C=O) groups is 2. The zero-order valence-electron chi connectivity index (χ0n) is 24.3. The van der Waals surface area contributed by atoms with Crippen LogP contribution >= 0.6 is 0 Å². The van der Waals surface area contributed by atoms with Crippen molar-refractivity contribution < 1.29 is 27.1 Å². The fraction of sp³-hybridized carbons (Fsp3) is 0.375. The highest BCUT2D eigenvalue weighted by molar-refractivity contribution is 7.91. The topological polar surface area (TPSA) is 90.5 Å². The molecule has 0 saturated carbocycles. The number of hydrogen-bond acceptors (Lipinski definition) is 7. The van der Waals surface area contributed by atoms with Crippen molar-refractivity contribution in [3.05, 3.63) is 101 Å². The second kappa shape index (κ2) is 13.7. The van der Waals surface area contributed by atoms with E-state index in [0.29, 0.717) is 5.69 Å². The molecule has 0 aliphatic carbocycles. The van der Waals surface area contributed by atoms with Gasteiger partial charge in [0, 0.05) is 63.6 Å². The van der Waals surface area contributed by atoms with Crippen LogP contribution in [0, 0.1) is 5.82 Å². The summed E-state index contributed by atoms with van der Waals surface area (Å²) in [6.45, 7) is 5.69. The second-order valence-electron chi connectivity index (χ2n) is 11.0. The number of nitrogens with zero attached hydrogens (tertiary/aromatic N) is 4. The van der Waals surface area contributed by atoms with Crippen molar-refractivity contribution in [1.82, 2.24) is 14.7 Å². The number of urea groups is 1. The van der Waals surface area contributed by atoms with Gasteiger partial charge in [0.15, 0.2) is 9.84 Å². The summed E-state index contributed by atoms with van der Waals surface area (Å²) in [7, 11) is -1.96. The summed E-state index contributed by atoms with van der Waals surface area (Å²) in [6.07, 6.45) is 0. The van der Waals surface area contributed by atoms with Crippen LogP contribution in [-0.4, -0.2) is 93.0 Å². The van der Waals surface area contributed by atoms with E-state index in [9.17, 15) is 18.0 Å². The number of benzene rings is 3. The SMILES string of the molecule is COC(=O)c1ccc(CN(C(=O)N2CCS(=O)(=O)CC2)c2ccc(CN3CCN(Cc4ccccc4)CC3)cc2)c(F)c1. The third kappa shape index (κ3) is 7.98. The molecule has 43 heavy (non-hydrogen) atoms. The maximum absolute atomic E-state index is 15.1. The molecule has 0 radical (unpaired) electrons. The van der Waals surface area contributed by atoms with E-state index in [4.69, 9.17) is 0 Å². The molecule has 2 aliphatic heterocycles. The number of amides is 2. The number of carbonyl (C=O) groups excluding carboxylic acids is 2. The Bertz CT molecular complexity index is 1510. The molecule has 0 N–H and O–H groups in total. The van der Waals surface area contributed by atoms with Crippen molar-refractivity contribution in [2.75, 3.05) is 62.8 Å². The van der Waals surface area contributed by atoms with Crippen molar-refractivity contribution in [3.8, 4) is 0 Å². The lowest BCUT2D eigenvalue weighted by Crippen LogP contribution is -2.49. The minimum atomic E-state index is -3.18. The van der Waals surface area contributed by atoms with Crippen LogP contribution in [-0.2, 0) is 34.2 Å². The van der Waals surface area contributed by atoms with Gasteiger partial charge in [-0.25, -0.2) is 22.4 Å². The Kier molecular flexibility index (Phi) is 9.74. The molecule has 0 spiro atoms. The van der Waals surface area contributed by atoms with Gasteiger partial charge in [0.25, 0.3) is 0 Å². The molecule has 2 amide bonds. The minimum Gasteiger partial charge on any atom is -0.465 e. The molecule has 2 aliphatic rings. The first-order valence-electron chi connectivity index (χ1n) is 14.4. The van der Waals surface area contributed by atoms with Crippen LogP contribution in [0.25, 0.3) is 0 Å². The summed E-state index contributed by atoms with van der Waals surface area (Å²) in [5.41, 5.74) is 3.30. The molecule has 2 heterocycles. The van der Waals surface area contributed by atoms with E-state index in [1.54, 1.807) is 0 Å². The van der Waals surface area contributed by atoms with Crippen LogP contribution in [0.5, 0.6) is 0 Å². The molecule has 0 atom stereocenters. The van der Waals surface area contributed by atoms with Crippen LogP contribution in [0.4, 0.5) is 14.9 Å². The molecule has 3 aromatic carbocycles. The first-order chi connectivity index (χ1) is 20.7. The Hall–Kier alpha value is -3.80. The Morgan fingerprint density at radius 2 is 1.40 bits per heavy atom.